The van der Waals surface area contributed by atoms with E-state index in [9.17, 15) is 22.4 Å². The zero-order chi connectivity index (χ0) is 25.2. The van der Waals surface area contributed by atoms with Gasteiger partial charge in [0.2, 0.25) is 0 Å². The predicted octanol–water partition coefficient (Wildman–Crippen LogP) is 5.14. The summed E-state index contributed by atoms with van der Waals surface area (Å²) in [7, 11) is 1.49. The summed E-state index contributed by atoms with van der Waals surface area (Å²) < 4.78 is 62.3. The first-order valence-electron chi connectivity index (χ1n) is 9.85. The molecule has 2 aromatic carbocycles. The maximum Gasteiger partial charge on any atom is 0.493 e. The number of fused-ring (bicyclic) bond motifs is 1. The van der Waals surface area contributed by atoms with Crippen LogP contribution in [0.4, 0.5) is 28.4 Å². The molecule has 0 aliphatic heterocycles. The van der Waals surface area contributed by atoms with E-state index in [0.717, 1.165) is 16.8 Å². The van der Waals surface area contributed by atoms with E-state index in [2.05, 4.69) is 25.3 Å². The van der Waals surface area contributed by atoms with Crippen LogP contribution in [-0.2, 0) is 0 Å². The van der Waals surface area contributed by atoms with Gasteiger partial charge in [-0.05, 0) is 30.3 Å². The molecule has 4 rings (SSSR count). The van der Waals surface area contributed by atoms with Crippen molar-refractivity contribution in [1.29, 1.82) is 0 Å². The lowest BCUT2D eigenvalue weighted by Crippen LogP contribution is -2.45. The Kier molecular flexibility index (Phi) is 6.45. The molecular formula is C22H16F4N4O4S. The molecule has 2 aromatic heterocycles. The summed E-state index contributed by atoms with van der Waals surface area (Å²) in [5, 5.41) is 14.1. The highest BCUT2D eigenvalue weighted by Gasteiger charge is 2.59. The lowest BCUT2D eigenvalue weighted by molar-refractivity contribution is -0.392. The second-order valence-electron chi connectivity index (χ2n) is 7.02. The van der Waals surface area contributed by atoms with Gasteiger partial charge in [0, 0.05) is 37.1 Å². The van der Waals surface area contributed by atoms with Crippen molar-refractivity contribution < 1.29 is 36.9 Å². The van der Waals surface area contributed by atoms with Crippen molar-refractivity contribution >= 4 is 38.3 Å². The summed E-state index contributed by atoms with van der Waals surface area (Å²) in [5.74, 6) is -0.0569. The quantitative estimate of drug-likeness (QED) is 0.283. The topological polar surface area (TPSA) is 106 Å². The maximum atomic E-state index is 13.3. The number of nitrogens with one attached hydrogen (secondary N) is 2. The molecule has 0 spiro atoms. The number of aliphatic hydroxyl groups is 1. The zero-order valence-corrected chi connectivity index (χ0v) is 18.6. The first-order valence-corrected chi connectivity index (χ1v) is 10.7. The van der Waals surface area contributed by atoms with Gasteiger partial charge in [0.1, 0.15) is 22.9 Å². The number of thiazole rings is 1. The van der Waals surface area contributed by atoms with E-state index in [1.807, 2.05) is 0 Å². The Morgan fingerprint density at radius 1 is 1.03 bits per heavy atom. The largest absolute Gasteiger partial charge is 0.493 e. The van der Waals surface area contributed by atoms with Crippen LogP contribution < -0.4 is 20.1 Å². The molecule has 0 radical (unpaired) electrons. The smallest absolute Gasteiger partial charge is 0.457 e. The Morgan fingerprint density at radius 3 is 2.54 bits per heavy atom. The third-order valence-corrected chi connectivity index (χ3v) is 5.40. The van der Waals surface area contributed by atoms with Crippen LogP contribution in [0.25, 0.3) is 10.2 Å². The minimum atomic E-state index is -5.34. The number of amides is 1. The Bertz CT molecular complexity index is 1380. The molecule has 2 heterocycles. The number of ether oxygens (including phenoxy) is 2. The number of pyridine rings is 1. The molecule has 0 aliphatic rings. The van der Waals surface area contributed by atoms with Crippen molar-refractivity contribution in [2.45, 2.75) is 12.2 Å². The molecule has 35 heavy (non-hydrogen) atoms. The molecule has 8 nitrogen and oxygen atoms in total. The van der Waals surface area contributed by atoms with Crippen molar-refractivity contribution in [2.24, 2.45) is 0 Å². The highest BCUT2D eigenvalue weighted by atomic mass is 32.1. The van der Waals surface area contributed by atoms with Gasteiger partial charge in [0.05, 0.1) is 10.2 Å². The van der Waals surface area contributed by atoms with E-state index in [1.165, 1.54) is 42.8 Å². The molecule has 1 amide bonds. The number of hydrogen-bond donors (Lipinski definition) is 3. The van der Waals surface area contributed by atoms with Gasteiger partial charge in [0.15, 0.2) is 5.13 Å². The van der Waals surface area contributed by atoms with Gasteiger partial charge < -0.3 is 25.2 Å². The second-order valence-corrected chi connectivity index (χ2v) is 8.05. The van der Waals surface area contributed by atoms with Gasteiger partial charge in [-0.25, -0.2) is 4.98 Å². The fourth-order valence-corrected chi connectivity index (χ4v) is 3.77. The number of halogens is 4. The number of nitrogens with zero attached hydrogens (tertiary/aromatic N) is 2. The minimum absolute atomic E-state index is 0.196. The molecule has 0 fully saturated rings. The SMILES string of the molecule is CNC(=O)c1cc(Oc2ccc3nc(Nc4cccc(OC(F)(F)C(O)(F)F)c4)sc3c2)ccn1. The lowest BCUT2D eigenvalue weighted by atomic mass is 10.3. The van der Waals surface area contributed by atoms with E-state index >= 15 is 0 Å². The van der Waals surface area contributed by atoms with Crippen LogP contribution in [0.1, 0.15) is 10.5 Å². The van der Waals surface area contributed by atoms with Gasteiger partial charge in [-0.3, -0.25) is 9.78 Å². The van der Waals surface area contributed by atoms with Crippen LogP contribution >= 0.6 is 11.3 Å². The Labute approximate surface area is 199 Å². The van der Waals surface area contributed by atoms with E-state index < -0.39 is 18.0 Å². The molecule has 0 saturated carbocycles. The maximum absolute atomic E-state index is 13.3. The number of benzene rings is 2. The molecule has 0 aliphatic carbocycles. The zero-order valence-electron chi connectivity index (χ0n) is 17.8. The molecule has 0 atom stereocenters. The van der Waals surface area contributed by atoms with Gasteiger partial charge in [-0.1, -0.05) is 17.4 Å². The Hall–Kier alpha value is -3.97. The first kappa shape index (κ1) is 24.2. The fraction of sp³-hybridized carbons (Fsp3) is 0.136. The lowest BCUT2D eigenvalue weighted by Gasteiger charge is -2.21. The summed E-state index contributed by atoms with van der Waals surface area (Å²) >= 11 is 1.22. The predicted molar refractivity (Wildman–Crippen MR) is 120 cm³/mol. The van der Waals surface area contributed by atoms with Crippen LogP contribution in [0.5, 0.6) is 17.2 Å². The molecule has 4 aromatic rings. The Balaban J connectivity index is 1.50. The summed E-state index contributed by atoms with van der Waals surface area (Å²) in [5.41, 5.74) is 1.06. The fourth-order valence-electron chi connectivity index (χ4n) is 2.86. The van der Waals surface area contributed by atoms with Crippen LogP contribution in [0, 0.1) is 0 Å². The molecule has 182 valence electrons. The molecule has 0 saturated heterocycles. The van der Waals surface area contributed by atoms with E-state index in [0.29, 0.717) is 22.1 Å². The number of carbonyl (C=O) groups excluding carboxylic acids is 1. The van der Waals surface area contributed by atoms with Crippen LogP contribution in [0.2, 0.25) is 0 Å². The highest BCUT2D eigenvalue weighted by molar-refractivity contribution is 7.22. The summed E-state index contributed by atoms with van der Waals surface area (Å²) in [6, 6.07) is 13.1. The molecule has 0 bridgehead atoms. The number of anilines is 2. The third-order valence-electron chi connectivity index (χ3n) is 4.47. The third kappa shape index (κ3) is 5.58. The van der Waals surface area contributed by atoms with Gasteiger partial charge in [-0.2, -0.15) is 17.6 Å². The first-order chi connectivity index (χ1) is 16.5. The van der Waals surface area contributed by atoms with Crippen LogP contribution in [0.3, 0.4) is 0 Å². The average Bonchev–Trinajstić information content (AvgIpc) is 3.19. The van der Waals surface area contributed by atoms with Crippen molar-refractivity contribution in [3.05, 3.63) is 66.5 Å². The molecular weight excluding hydrogens is 492 g/mol. The number of hydrogen-bond acceptors (Lipinski definition) is 8. The monoisotopic (exact) mass is 508 g/mol. The van der Waals surface area contributed by atoms with Gasteiger partial charge in [-0.15, -0.1) is 0 Å². The summed E-state index contributed by atoms with van der Waals surface area (Å²) in [4.78, 5) is 20.1. The van der Waals surface area contributed by atoms with Gasteiger partial charge >= 0.3 is 12.2 Å². The summed E-state index contributed by atoms with van der Waals surface area (Å²) in [6.07, 6.45) is -9.00. The van der Waals surface area contributed by atoms with Crippen molar-refractivity contribution in [2.75, 3.05) is 12.4 Å². The van der Waals surface area contributed by atoms with Crippen LogP contribution in [0.15, 0.2) is 60.8 Å². The van der Waals surface area contributed by atoms with Crippen LogP contribution in [-0.4, -0.2) is 40.2 Å². The number of alkyl halides is 4. The number of carbonyl (C=O) groups is 1. The minimum Gasteiger partial charge on any atom is -0.457 e. The van der Waals surface area contributed by atoms with E-state index in [-0.39, 0.29) is 17.3 Å². The van der Waals surface area contributed by atoms with Crippen molar-refractivity contribution in [3.63, 3.8) is 0 Å². The molecule has 0 unspecified atom stereocenters. The average molecular weight is 508 g/mol. The Morgan fingerprint density at radius 2 is 1.80 bits per heavy atom. The van der Waals surface area contributed by atoms with E-state index in [4.69, 9.17) is 9.84 Å². The molecule has 13 heteroatoms. The molecule has 3 N–H and O–H groups in total. The number of aromatic nitrogens is 2. The van der Waals surface area contributed by atoms with E-state index in [1.54, 1.807) is 24.3 Å². The highest BCUT2D eigenvalue weighted by Crippen LogP contribution is 2.36. The van der Waals surface area contributed by atoms with Crippen molar-refractivity contribution in [3.8, 4) is 17.2 Å². The number of rotatable bonds is 8. The van der Waals surface area contributed by atoms with Crippen molar-refractivity contribution in [1.82, 2.24) is 15.3 Å². The standard InChI is InChI=1S/C22H16F4N4O4S/c1-27-19(31)17-10-14(7-8-28-17)33-13-5-6-16-18(11-13)35-20(30-16)29-12-3-2-4-15(9-12)34-22(25,26)21(23,24)32/h2-11,32H,1H3,(H,27,31)(H,29,30). The van der Waals surface area contributed by atoms with Gasteiger partial charge in [0.25, 0.3) is 5.91 Å². The summed E-state index contributed by atoms with van der Waals surface area (Å²) in [6.45, 7) is 0. The second kappa shape index (κ2) is 9.35. The normalized spacial score (nSPS) is 11.8.